The lowest BCUT2D eigenvalue weighted by Crippen LogP contribution is -2.25. The Kier molecular flexibility index (Phi) is 5.85. The number of carbonyl (C=O) groups is 1. The van der Waals surface area contributed by atoms with E-state index in [9.17, 15) is 4.79 Å². The van der Waals surface area contributed by atoms with Gasteiger partial charge in [0.1, 0.15) is 0 Å². The highest BCUT2D eigenvalue weighted by Crippen LogP contribution is 2.28. The van der Waals surface area contributed by atoms with E-state index in [1.54, 1.807) is 23.9 Å². The van der Waals surface area contributed by atoms with Crippen molar-refractivity contribution in [1.82, 2.24) is 5.32 Å². The summed E-state index contributed by atoms with van der Waals surface area (Å²) in [5.74, 6) is 0.137. The Morgan fingerprint density at radius 3 is 2.71 bits per heavy atom. The third-order valence-electron chi connectivity index (χ3n) is 3.87. The van der Waals surface area contributed by atoms with E-state index in [0.29, 0.717) is 13.0 Å². The number of furan rings is 1. The van der Waals surface area contributed by atoms with Crippen molar-refractivity contribution in [2.24, 2.45) is 0 Å². The summed E-state index contributed by atoms with van der Waals surface area (Å²) in [4.78, 5) is 14.4. The quantitative estimate of drug-likeness (QED) is 0.647. The SMILES string of the molecule is O=C(CCCc1ccccc1)NCCc1ccc(-c2ccoc2)s1. The Hall–Kier alpha value is -2.33. The van der Waals surface area contributed by atoms with Gasteiger partial charge in [-0.3, -0.25) is 4.79 Å². The van der Waals surface area contributed by atoms with Crippen molar-refractivity contribution < 1.29 is 9.21 Å². The van der Waals surface area contributed by atoms with E-state index in [1.807, 2.05) is 24.3 Å². The second-order valence-corrected chi connectivity index (χ2v) is 6.89. The van der Waals surface area contributed by atoms with E-state index in [4.69, 9.17) is 4.42 Å². The van der Waals surface area contributed by atoms with Crippen LogP contribution in [0, 0.1) is 0 Å². The average molecular weight is 339 g/mol. The predicted molar refractivity (Wildman–Crippen MR) is 98.1 cm³/mol. The summed E-state index contributed by atoms with van der Waals surface area (Å²) < 4.78 is 5.11. The van der Waals surface area contributed by atoms with Crippen LogP contribution in [-0.4, -0.2) is 12.5 Å². The zero-order valence-electron chi connectivity index (χ0n) is 13.5. The van der Waals surface area contributed by atoms with Crippen LogP contribution in [0.4, 0.5) is 0 Å². The molecule has 0 atom stereocenters. The van der Waals surface area contributed by atoms with Crippen molar-refractivity contribution in [3.8, 4) is 10.4 Å². The van der Waals surface area contributed by atoms with Crippen molar-refractivity contribution >= 4 is 17.2 Å². The van der Waals surface area contributed by atoms with E-state index in [-0.39, 0.29) is 5.91 Å². The van der Waals surface area contributed by atoms with E-state index in [0.717, 1.165) is 24.8 Å². The van der Waals surface area contributed by atoms with E-state index in [1.165, 1.54) is 15.3 Å². The largest absolute Gasteiger partial charge is 0.472 e. The summed E-state index contributed by atoms with van der Waals surface area (Å²) in [5.41, 5.74) is 2.40. The van der Waals surface area contributed by atoms with Gasteiger partial charge in [0.15, 0.2) is 0 Å². The molecule has 2 aromatic heterocycles. The van der Waals surface area contributed by atoms with Gasteiger partial charge in [-0.05, 0) is 43.0 Å². The normalized spacial score (nSPS) is 10.7. The molecule has 1 amide bonds. The van der Waals surface area contributed by atoms with Crippen LogP contribution in [0.25, 0.3) is 10.4 Å². The monoisotopic (exact) mass is 339 g/mol. The molecule has 0 radical (unpaired) electrons. The van der Waals surface area contributed by atoms with Gasteiger partial charge in [0.25, 0.3) is 0 Å². The maximum Gasteiger partial charge on any atom is 0.220 e. The summed E-state index contributed by atoms with van der Waals surface area (Å²) in [5, 5.41) is 3.01. The molecule has 1 N–H and O–H groups in total. The van der Waals surface area contributed by atoms with Crippen LogP contribution < -0.4 is 5.32 Å². The molecule has 0 saturated heterocycles. The lowest BCUT2D eigenvalue weighted by Gasteiger charge is -2.04. The summed E-state index contributed by atoms with van der Waals surface area (Å²) in [6.07, 6.45) is 6.73. The number of benzene rings is 1. The van der Waals surface area contributed by atoms with E-state index in [2.05, 4.69) is 29.6 Å². The lowest BCUT2D eigenvalue weighted by molar-refractivity contribution is -0.121. The van der Waals surface area contributed by atoms with Crippen molar-refractivity contribution in [3.05, 3.63) is 71.5 Å². The zero-order chi connectivity index (χ0) is 16.6. The van der Waals surface area contributed by atoms with Gasteiger partial charge in [0.05, 0.1) is 12.5 Å². The molecule has 0 unspecified atom stereocenters. The summed E-state index contributed by atoms with van der Waals surface area (Å²) in [7, 11) is 0. The molecule has 3 rings (SSSR count). The van der Waals surface area contributed by atoms with Gasteiger partial charge in [0, 0.05) is 28.3 Å². The highest BCUT2D eigenvalue weighted by atomic mass is 32.1. The summed E-state index contributed by atoms with van der Waals surface area (Å²) in [6.45, 7) is 0.690. The Morgan fingerprint density at radius 2 is 1.92 bits per heavy atom. The van der Waals surface area contributed by atoms with Crippen LogP contribution >= 0.6 is 11.3 Å². The fraction of sp³-hybridized carbons (Fsp3) is 0.250. The van der Waals surface area contributed by atoms with Gasteiger partial charge >= 0.3 is 0 Å². The Balaban J connectivity index is 1.35. The fourth-order valence-corrected chi connectivity index (χ4v) is 3.58. The van der Waals surface area contributed by atoms with Gasteiger partial charge in [-0.2, -0.15) is 0 Å². The number of hydrogen-bond donors (Lipinski definition) is 1. The number of rotatable bonds is 8. The molecule has 0 aliphatic heterocycles. The smallest absolute Gasteiger partial charge is 0.220 e. The molecular formula is C20H21NO2S. The maximum absolute atomic E-state index is 11.9. The molecule has 24 heavy (non-hydrogen) atoms. The first kappa shape index (κ1) is 16.5. The van der Waals surface area contributed by atoms with Crippen molar-refractivity contribution in [2.75, 3.05) is 6.54 Å². The maximum atomic E-state index is 11.9. The topological polar surface area (TPSA) is 42.2 Å². The Morgan fingerprint density at radius 1 is 1.04 bits per heavy atom. The molecule has 2 heterocycles. The predicted octanol–water partition coefficient (Wildman–Crippen LogP) is 4.69. The van der Waals surface area contributed by atoms with Gasteiger partial charge < -0.3 is 9.73 Å². The molecule has 0 aliphatic rings. The van der Waals surface area contributed by atoms with Gasteiger partial charge in [0.2, 0.25) is 5.91 Å². The van der Waals surface area contributed by atoms with Gasteiger partial charge in [-0.15, -0.1) is 11.3 Å². The van der Waals surface area contributed by atoms with E-state index < -0.39 is 0 Å². The average Bonchev–Trinajstić information content (AvgIpc) is 3.27. The third-order valence-corrected chi connectivity index (χ3v) is 5.07. The van der Waals surface area contributed by atoms with Gasteiger partial charge in [-0.25, -0.2) is 0 Å². The number of hydrogen-bond acceptors (Lipinski definition) is 3. The van der Waals surface area contributed by atoms with Crippen LogP contribution in [0.5, 0.6) is 0 Å². The number of thiophene rings is 1. The molecule has 0 spiro atoms. The minimum atomic E-state index is 0.137. The molecule has 0 saturated carbocycles. The van der Waals surface area contributed by atoms with E-state index >= 15 is 0 Å². The second kappa shape index (κ2) is 8.50. The number of amides is 1. The number of carbonyl (C=O) groups excluding carboxylic acids is 1. The Bertz CT molecular complexity index is 747. The standard InChI is InChI=1S/C20H21NO2S/c22-20(8-4-7-16-5-2-1-3-6-16)21-13-11-18-9-10-19(24-18)17-12-14-23-15-17/h1-3,5-6,9-10,12,14-15H,4,7-8,11,13H2,(H,21,22). The molecular weight excluding hydrogens is 318 g/mol. The number of aryl methyl sites for hydroxylation is 1. The molecule has 0 bridgehead atoms. The first-order valence-electron chi connectivity index (χ1n) is 8.23. The first-order valence-corrected chi connectivity index (χ1v) is 9.05. The molecule has 1 aromatic carbocycles. The lowest BCUT2D eigenvalue weighted by atomic mass is 10.1. The van der Waals surface area contributed by atoms with Crippen LogP contribution in [0.3, 0.4) is 0 Å². The van der Waals surface area contributed by atoms with Crippen LogP contribution in [-0.2, 0) is 17.6 Å². The molecule has 0 aliphatic carbocycles. The van der Waals surface area contributed by atoms with Crippen molar-refractivity contribution in [3.63, 3.8) is 0 Å². The molecule has 0 fully saturated rings. The molecule has 3 aromatic rings. The van der Waals surface area contributed by atoms with Crippen molar-refractivity contribution in [2.45, 2.75) is 25.7 Å². The van der Waals surface area contributed by atoms with Crippen molar-refractivity contribution in [1.29, 1.82) is 0 Å². The first-order chi connectivity index (χ1) is 11.8. The van der Waals surface area contributed by atoms with Gasteiger partial charge in [-0.1, -0.05) is 30.3 Å². The molecule has 124 valence electrons. The molecule has 3 nitrogen and oxygen atoms in total. The molecule has 4 heteroatoms. The minimum absolute atomic E-state index is 0.137. The third kappa shape index (κ3) is 4.83. The fourth-order valence-electron chi connectivity index (χ4n) is 2.58. The second-order valence-electron chi connectivity index (χ2n) is 5.72. The van der Waals surface area contributed by atoms with Crippen LogP contribution in [0.2, 0.25) is 0 Å². The van der Waals surface area contributed by atoms with Crippen LogP contribution in [0.15, 0.2) is 65.5 Å². The number of nitrogens with one attached hydrogen (secondary N) is 1. The minimum Gasteiger partial charge on any atom is -0.472 e. The zero-order valence-corrected chi connectivity index (χ0v) is 14.4. The Labute approximate surface area is 146 Å². The van der Waals surface area contributed by atoms with Crippen LogP contribution in [0.1, 0.15) is 23.3 Å². The summed E-state index contributed by atoms with van der Waals surface area (Å²) >= 11 is 1.75. The summed E-state index contributed by atoms with van der Waals surface area (Å²) in [6, 6.07) is 16.5. The highest BCUT2D eigenvalue weighted by Gasteiger charge is 2.05. The highest BCUT2D eigenvalue weighted by molar-refractivity contribution is 7.15.